The smallest absolute Gasteiger partial charge is 0.319 e. The Morgan fingerprint density at radius 1 is 1.38 bits per heavy atom. The number of carbonyl (C=O) groups excluding carboxylic acids is 1. The first-order chi connectivity index (χ1) is 7.63. The van der Waals surface area contributed by atoms with E-state index >= 15 is 0 Å². The van der Waals surface area contributed by atoms with Gasteiger partial charge in [-0.2, -0.15) is 0 Å². The Morgan fingerprint density at radius 2 is 2.12 bits per heavy atom. The molecule has 0 bridgehead atoms. The summed E-state index contributed by atoms with van der Waals surface area (Å²) in [5.74, 6) is 0. The fraction of sp³-hybridized carbons (Fsp3) is 0.364. The van der Waals surface area contributed by atoms with Crippen LogP contribution in [0.2, 0.25) is 10.0 Å². The molecule has 2 amide bonds. The first-order valence-electron chi connectivity index (χ1n) is 5.13. The number of carbonyl (C=O) groups is 1. The molecule has 88 valence electrons. The molecule has 0 aromatic heterocycles. The van der Waals surface area contributed by atoms with E-state index in [4.69, 9.17) is 23.2 Å². The standard InChI is InChI=1S/C11H14Cl2N2O/c1-2-3-6-14-11(16)15-10-5-4-8(12)7-9(10)13/h4-5,7H,2-3,6H2,1H3,(H2,14,15,16). The zero-order chi connectivity index (χ0) is 12.0. The average Bonchev–Trinajstić information content (AvgIpc) is 2.23. The van der Waals surface area contributed by atoms with Crippen LogP contribution in [0.3, 0.4) is 0 Å². The second kappa shape index (κ2) is 6.61. The van der Waals surface area contributed by atoms with Gasteiger partial charge in [-0.15, -0.1) is 0 Å². The van der Waals surface area contributed by atoms with Gasteiger partial charge in [0.15, 0.2) is 0 Å². The van der Waals surface area contributed by atoms with Crippen molar-refractivity contribution >= 4 is 34.9 Å². The van der Waals surface area contributed by atoms with Crippen LogP contribution in [0.1, 0.15) is 19.8 Å². The molecule has 0 spiro atoms. The summed E-state index contributed by atoms with van der Waals surface area (Å²) in [6.45, 7) is 2.73. The number of nitrogens with one attached hydrogen (secondary N) is 2. The Morgan fingerprint density at radius 3 is 2.75 bits per heavy atom. The highest BCUT2D eigenvalue weighted by Crippen LogP contribution is 2.25. The van der Waals surface area contributed by atoms with Crippen LogP contribution in [0, 0.1) is 0 Å². The lowest BCUT2D eigenvalue weighted by Crippen LogP contribution is -2.29. The molecule has 0 unspecified atom stereocenters. The first kappa shape index (κ1) is 13.1. The van der Waals surface area contributed by atoms with E-state index in [2.05, 4.69) is 17.6 Å². The van der Waals surface area contributed by atoms with E-state index < -0.39 is 0 Å². The van der Waals surface area contributed by atoms with Gasteiger partial charge < -0.3 is 10.6 Å². The third-order valence-electron chi connectivity index (χ3n) is 2.00. The van der Waals surface area contributed by atoms with E-state index in [9.17, 15) is 4.79 Å². The Kier molecular flexibility index (Phi) is 5.43. The van der Waals surface area contributed by atoms with Gasteiger partial charge in [0, 0.05) is 11.6 Å². The molecule has 5 heteroatoms. The SMILES string of the molecule is CCCCNC(=O)Nc1ccc(Cl)cc1Cl. The maximum atomic E-state index is 11.4. The Balaban J connectivity index is 2.49. The monoisotopic (exact) mass is 260 g/mol. The Hall–Kier alpha value is -0.930. The van der Waals surface area contributed by atoms with E-state index in [0.717, 1.165) is 12.8 Å². The molecule has 1 rings (SSSR count). The van der Waals surface area contributed by atoms with Crippen LogP contribution in [0.5, 0.6) is 0 Å². The minimum absolute atomic E-state index is 0.252. The van der Waals surface area contributed by atoms with Gasteiger partial charge in [0.2, 0.25) is 0 Å². The summed E-state index contributed by atoms with van der Waals surface area (Å²) in [6, 6.07) is 4.68. The second-order valence-corrected chi connectivity index (χ2v) is 4.20. The highest BCUT2D eigenvalue weighted by molar-refractivity contribution is 6.36. The van der Waals surface area contributed by atoms with Gasteiger partial charge >= 0.3 is 6.03 Å². The van der Waals surface area contributed by atoms with E-state index in [1.54, 1.807) is 18.2 Å². The van der Waals surface area contributed by atoms with Crippen molar-refractivity contribution in [2.45, 2.75) is 19.8 Å². The minimum atomic E-state index is -0.252. The molecule has 0 aliphatic carbocycles. The van der Waals surface area contributed by atoms with Crippen molar-refractivity contribution in [3.05, 3.63) is 28.2 Å². The summed E-state index contributed by atoms with van der Waals surface area (Å²) < 4.78 is 0. The number of anilines is 1. The summed E-state index contributed by atoms with van der Waals surface area (Å²) in [6.07, 6.45) is 2.00. The molecule has 0 aliphatic heterocycles. The van der Waals surface area contributed by atoms with E-state index in [1.165, 1.54) is 0 Å². The van der Waals surface area contributed by atoms with Crippen LogP contribution >= 0.6 is 23.2 Å². The van der Waals surface area contributed by atoms with Crippen LogP contribution in [-0.4, -0.2) is 12.6 Å². The number of rotatable bonds is 4. The van der Waals surface area contributed by atoms with Crippen LogP contribution < -0.4 is 10.6 Å². The van der Waals surface area contributed by atoms with Gasteiger partial charge in [0.25, 0.3) is 0 Å². The zero-order valence-corrected chi connectivity index (χ0v) is 10.5. The molecule has 2 N–H and O–H groups in total. The summed E-state index contributed by atoms with van der Waals surface area (Å²) in [7, 11) is 0. The predicted molar refractivity (Wildman–Crippen MR) is 68.4 cm³/mol. The molecule has 0 radical (unpaired) electrons. The number of benzene rings is 1. The highest BCUT2D eigenvalue weighted by atomic mass is 35.5. The van der Waals surface area contributed by atoms with Gasteiger partial charge in [0.05, 0.1) is 10.7 Å². The lowest BCUT2D eigenvalue weighted by atomic mass is 10.3. The molecule has 16 heavy (non-hydrogen) atoms. The topological polar surface area (TPSA) is 41.1 Å². The molecule has 1 aromatic rings. The summed E-state index contributed by atoms with van der Waals surface area (Å²) in [4.78, 5) is 11.4. The van der Waals surface area contributed by atoms with Gasteiger partial charge in [-0.1, -0.05) is 36.5 Å². The van der Waals surface area contributed by atoms with Crippen molar-refractivity contribution in [1.29, 1.82) is 0 Å². The molecule has 0 aliphatic rings. The molecule has 1 aromatic carbocycles. The average molecular weight is 261 g/mol. The molecule has 0 saturated heterocycles. The normalized spacial score (nSPS) is 9.94. The van der Waals surface area contributed by atoms with Crippen molar-refractivity contribution in [1.82, 2.24) is 5.32 Å². The molecule has 0 saturated carbocycles. The van der Waals surface area contributed by atoms with E-state index in [0.29, 0.717) is 22.3 Å². The minimum Gasteiger partial charge on any atom is -0.338 e. The van der Waals surface area contributed by atoms with Crippen molar-refractivity contribution in [3.63, 3.8) is 0 Å². The number of hydrogen-bond donors (Lipinski definition) is 2. The predicted octanol–water partition coefficient (Wildman–Crippen LogP) is 3.92. The fourth-order valence-electron chi connectivity index (χ4n) is 1.14. The molecule has 0 heterocycles. The number of halogens is 2. The zero-order valence-electron chi connectivity index (χ0n) is 9.02. The quantitative estimate of drug-likeness (QED) is 0.792. The van der Waals surface area contributed by atoms with Gasteiger partial charge in [-0.05, 0) is 24.6 Å². The third kappa shape index (κ3) is 4.29. The third-order valence-corrected chi connectivity index (χ3v) is 2.54. The van der Waals surface area contributed by atoms with Gasteiger partial charge in [0.1, 0.15) is 0 Å². The van der Waals surface area contributed by atoms with E-state index in [-0.39, 0.29) is 6.03 Å². The largest absolute Gasteiger partial charge is 0.338 e. The van der Waals surface area contributed by atoms with Crippen LogP contribution in [0.25, 0.3) is 0 Å². The maximum absolute atomic E-state index is 11.4. The van der Waals surface area contributed by atoms with Crippen molar-refractivity contribution in [2.24, 2.45) is 0 Å². The lowest BCUT2D eigenvalue weighted by Gasteiger charge is -2.08. The Labute approximate surface area is 105 Å². The fourth-order valence-corrected chi connectivity index (χ4v) is 1.59. The maximum Gasteiger partial charge on any atom is 0.319 e. The van der Waals surface area contributed by atoms with Crippen molar-refractivity contribution in [3.8, 4) is 0 Å². The van der Waals surface area contributed by atoms with Gasteiger partial charge in [-0.3, -0.25) is 0 Å². The lowest BCUT2D eigenvalue weighted by molar-refractivity contribution is 0.252. The highest BCUT2D eigenvalue weighted by Gasteiger charge is 2.04. The van der Waals surface area contributed by atoms with Crippen LogP contribution in [0.4, 0.5) is 10.5 Å². The first-order valence-corrected chi connectivity index (χ1v) is 5.89. The molecule has 3 nitrogen and oxygen atoms in total. The van der Waals surface area contributed by atoms with E-state index in [1.807, 2.05) is 0 Å². The number of amides is 2. The van der Waals surface area contributed by atoms with Crippen molar-refractivity contribution in [2.75, 3.05) is 11.9 Å². The Bertz CT molecular complexity index is 369. The second-order valence-electron chi connectivity index (χ2n) is 3.36. The van der Waals surface area contributed by atoms with Crippen LogP contribution in [-0.2, 0) is 0 Å². The summed E-state index contributed by atoms with van der Waals surface area (Å²) in [5.41, 5.74) is 0.556. The molecular formula is C11H14Cl2N2O. The number of urea groups is 1. The number of hydrogen-bond acceptors (Lipinski definition) is 1. The number of unbranched alkanes of at least 4 members (excludes halogenated alkanes) is 1. The summed E-state index contributed by atoms with van der Waals surface area (Å²) >= 11 is 11.7. The van der Waals surface area contributed by atoms with Crippen molar-refractivity contribution < 1.29 is 4.79 Å². The van der Waals surface area contributed by atoms with Gasteiger partial charge in [-0.25, -0.2) is 4.79 Å². The summed E-state index contributed by atoms with van der Waals surface area (Å²) in [5, 5.41) is 6.36. The molecular weight excluding hydrogens is 247 g/mol. The molecule has 0 fully saturated rings. The molecule has 0 atom stereocenters. The van der Waals surface area contributed by atoms with Crippen LogP contribution in [0.15, 0.2) is 18.2 Å².